The van der Waals surface area contributed by atoms with E-state index < -0.39 is 23.7 Å². The molecular weight excluding hydrogens is 349 g/mol. The van der Waals surface area contributed by atoms with Crippen molar-refractivity contribution in [2.24, 2.45) is 7.05 Å². The molecule has 1 aliphatic heterocycles. The average Bonchev–Trinajstić information content (AvgIpc) is 2.91. The Morgan fingerprint density at radius 1 is 1.19 bits per heavy atom. The van der Waals surface area contributed by atoms with Crippen molar-refractivity contribution in [2.75, 3.05) is 13.1 Å². The van der Waals surface area contributed by atoms with Gasteiger partial charge < -0.3 is 4.90 Å². The lowest BCUT2D eigenvalue weighted by atomic mass is 10.0. The maximum atomic E-state index is 12.9. The molecule has 3 rings (SSSR count). The Kier molecular flexibility index (Phi) is 4.88. The molecule has 0 bridgehead atoms. The van der Waals surface area contributed by atoms with Crippen molar-refractivity contribution in [1.29, 1.82) is 0 Å². The minimum Gasteiger partial charge on any atom is -0.342 e. The van der Waals surface area contributed by atoms with Gasteiger partial charge in [0.25, 0.3) is 0 Å². The molecule has 26 heavy (non-hydrogen) atoms. The number of rotatable bonds is 3. The van der Waals surface area contributed by atoms with Crippen LogP contribution in [0.1, 0.15) is 30.3 Å². The average molecular weight is 368 g/mol. The molecule has 0 N–H and O–H groups in total. The van der Waals surface area contributed by atoms with Crippen LogP contribution < -0.4 is 5.69 Å². The van der Waals surface area contributed by atoms with Gasteiger partial charge in [-0.2, -0.15) is 13.2 Å². The molecule has 1 aromatic carbocycles. The second-order valence-electron chi connectivity index (χ2n) is 6.38. The second-order valence-corrected chi connectivity index (χ2v) is 6.38. The van der Waals surface area contributed by atoms with Crippen LogP contribution in [0.4, 0.5) is 13.2 Å². The summed E-state index contributed by atoms with van der Waals surface area (Å²) >= 11 is 0. The van der Waals surface area contributed by atoms with Crippen LogP contribution in [0.3, 0.4) is 0 Å². The molecule has 2 aromatic rings. The van der Waals surface area contributed by atoms with Gasteiger partial charge in [-0.15, -0.1) is 5.10 Å². The Morgan fingerprint density at radius 2 is 1.81 bits per heavy atom. The lowest BCUT2D eigenvalue weighted by Gasteiger charge is -2.31. The number of aromatic nitrogens is 3. The summed E-state index contributed by atoms with van der Waals surface area (Å²) in [5, 5.41) is 3.48. The number of halogens is 3. The Morgan fingerprint density at radius 3 is 2.35 bits per heavy atom. The summed E-state index contributed by atoms with van der Waals surface area (Å²) in [5.74, 6) is -1.23. The Balaban J connectivity index is 1.66. The maximum Gasteiger partial charge on any atom is 0.451 e. The van der Waals surface area contributed by atoms with E-state index in [1.807, 2.05) is 30.3 Å². The first-order valence-electron chi connectivity index (χ1n) is 8.32. The summed E-state index contributed by atoms with van der Waals surface area (Å²) in [6.45, 7) is 0.779. The van der Waals surface area contributed by atoms with Gasteiger partial charge in [-0.05, 0) is 18.4 Å². The SMILES string of the molecule is Cn1c(C(F)(F)F)nn(C2CCN(C(=O)Cc3ccccc3)CC2)c1=O. The van der Waals surface area contributed by atoms with E-state index in [-0.39, 0.29) is 12.3 Å². The second kappa shape index (κ2) is 6.97. The van der Waals surface area contributed by atoms with Gasteiger partial charge in [0.2, 0.25) is 11.7 Å². The number of carbonyl (C=O) groups excluding carboxylic acids is 1. The quantitative estimate of drug-likeness (QED) is 0.833. The van der Waals surface area contributed by atoms with E-state index in [0.29, 0.717) is 30.5 Å². The molecule has 140 valence electrons. The zero-order chi connectivity index (χ0) is 18.9. The van der Waals surface area contributed by atoms with Gasteiger partial charge in [0.15, 0.2) is 0 Å². The fourth-order valence-electron chi connectivity index (χ4n) is 3.18. The normalized spacial score (nSPS) is 16.1. The molecule has 0 saturated carbocycles. The molecule has 0 aliphatic carbocycles. The van der Waals surface area contributed by atoms with E-state index in [4.69, 9.17) is 0 Å². The number of amides is 1. The zero-order valence-corrected chi connectivity index (χ0v) is 14.2. The van der Waals surface area contributed by atoms with Crippen LogP contribution in [0.2, 0.25) is 0 Å². The number of carbonyl (C=O) groups is 1. The highest BCUT2D eigenvalue weighted by Gasteiger charge is 2.39. The third-order valence-corrected chi connectivity index (χ3v) is 4.62. The van der Waals surface area contributed by atoms with E-state index in [1.54, 1.807) is 4.90 Å². The minimum atomic E-state index is -4.68. The largest absolute Gasteiger partial charge is 0.451 e. The smallest absolute Gasteiger partial charge is 0.342 e. The monoisotopic (exact) mass is 368 g/mol. The molecule has 0 atom stereocenters. The third kappa shape index (κ3) is 3.66. The van der Waals surface area contributed by atoms with Crippen LogP contribution in [-0.2, 0) is 24.4 Å². The minimum absolute atomic E-state index is 0.0287. The molecule has 1 aromatic heterocycles. The molecule has 2 heterocycles. The first-order valence-corrected chi connectivity index (χ1v) is 8.32. The molecule has 6 nitrogen and oxygen atoms in total. The van der Waals surface area contributed by atoms with Gasteiger partial charge in [0.05, 0.1) is 12.5 Å². The van der Waals surface area contributed by atoms with E-state index in [9.17, 15) is 22.8 Å². The predicted molar refractivity (Wildman–Crippen MR) is 87.5 cm³/mol. The van der Waals surface area contributed by atoms with Gasteiger partial charge in [0.1, 0.15) is 0 Å². The van der Waals surface area contributed by atoms with E-state index in [2.05, 4.69) is 5.10 Å². The Labute approximate surface area is 147 Å². The fraction of sp³-hybridized carbons (Fsp3) is 0.471. The highest BCUT2D eigenvalue weighted by molar-refractivity contribution is 5.78. The molecule has 1 amide bonds. The molecule has 1 aliphatic rings. The standard InChI is InChI=1S/C17H19F3N4O2/c1-22-15(17(18,19)20)21-24(16(22)26)13-7-9-23(10-8-13)14(25)11-12-5-3-2-4-6-12/h2-6,13H,7-11H2,1H3. The number of piperidine rings is 1. The van der Waals surface area contributed by atoms with Crippen LogP contribution in [0, 0.1) is 0 Å². The summed E-state index contributed by atoms with van der Waals surface area (Å²) in [4.78, 5) is 26.1. The first-order chi connectivity index (χ1) is 12.3. The summed E-state index contributed by atoms with van der Waals surface area (Å²) in [5.41, 5.74) is 0.127. The topological polar surface area (TPSA) is 60.1 Å². The van der Waals surface area contributed by atoms with Gasteiger partial charge in [-0.3, -0.25) is 9.36 Å². The van der Waals surface area contributed by atoms with Crippen molar-refractivity contribution < 1.29 is 18.0 Å². The number of benzene rings is 1. The zero-order valence-electron chi connectivity index (χ0n) is 14.2. The lowest BCUT2D eigenvalue weighted by Crippen LogP contribution is -2.41. The molecular formula is C17H19F3N4O2. The fourth-order valence-corrected chi connectivity index (χ4v) is 3.18. The highest BCUT2D eigenvalue weighted by Crippen LogP contribution is 2.28. The van der Waals surface area contributed by atoms with Crippen LogP contribution in [0.5, 0.6) is 0 Å². The lowest BCUT2D eigenvalue weighted by molar-refractivity contribution is -0.147. The van der Waals surface area contributed by atoms with Crippen LogP contribution in [0.15, 0.2) is 35.1 Å². The number of hydrogen-bond donors (Lipinski definition) is 0. The number of hydrogen-bond acceptors (Lipinski definition) is 3. The van der Waals surface area contributed by atoms with Crippen molar-refractivity contribution in [3.8, 4) is 0 Å². The van der Waals surface area contributed by atoms with Crippen LogP contribution in [0.25, 0.3) is 0 Å². The van der Waals surface area contributed by atoms with Crippen LogP contribution in [-0.4, -0.2) is 38.2 Å². The van der Waals surface area contributed by atoms with Gasteiger partial charge >= 0.3 is 11.9 Å². The highest BCUT2D eigenvalue weighted by atomic mass is 19.4. The molecule has 0 radical (unpaired) electrons. The van der Waals surface area contributed by atoms with E-state index in [1.165, 1.54) is 0 Å². The summed E-state index contributed by atoms with van der Waals surface area (Å²) in [6.07, 6.45) is -3.59. The molecule has 0 spiro atoms. The third-order valence-electron chi connectivity index (χ3n) is 4.62. The van der Waals surface area contributed by atoms with E-state index >= 15 is 0 Å². The van der Waals surface area contributed by atoms with Crippen LogP contribution >= 0.6 is 0 Å². The van der Waals surface area contributed by atoms with Crippen molar-refractivity contribution in [3.63, 3.8) is 0 Å². The van der Waals surface area contributed by atoms with Gasteiger partial charge in [0, 0.05) is 20.1 Å². The van der Waals surface area contributed by atoms with Crippen molar-refractivity contribution in [1.82, 2.24) is 19.2 Å². The molecule has 0 unspecified atom stereocenters. The number of alkyl halides is 3. The molecule has 9 heteroatoms. The Bertz CT molecular complexity index is 834. The van der Waals surface area contributed by atoms with Crippen molar-refractivity contribution in [2.45, 2.75) is 31.5 Å². The molecule has 1 saturated heterocycles. The number of likely N-dealkylation sites (tertiary alicyclic amines) is 1. The summed E-state index contributed by atoms with van der Waals surface area (Å²) in [6, 6.07) is 8.90. The van der Waals surface area contributed by atoms with Gasteiger partial charge in [-0.1, -0.05) is 30.3 Å². The Hall–Kier alpha value is -2.58. The first kappa shape index (κ1) is 18.2. The predicted octanol–water partition coefficient (Wildman–Crippen LogP) is 2.01. The maximum absolute atomic E-state index is 12.9. The number of nitrogens with zero attached hydrogens (tertiary/aromatic N) is 4. The van der Waals surface area contributed by atoms with Gasteiger partial charge in [-0.25, -0.2) is 9.48 Å². The summed E-state index contributed by atoms with van der Waals surface area (Å²) in [7, 11) is 1.06. The van der Waals surface area contributed by atoms with Crippen molar-refractivity contribution >= 4 is 5.91 Å². The molecule has 1 fully saturated rings. The summed E-state index contributed by atoms with van der Waals surface area (Å²) < 4.78 is 40.1. The van der Waals surface area contributed by atoms with E-state index in [0.717, 1.165) is 17.3 Å². The van der Waals surface area contributed by atoms with Crippen molar-refractivity contribution in [3.05, 3.63) is 52.2 Å².